The van der Waals surface area contributed by atoms with Crippen LogP contribution in [0.5, 0.6) is 11.5 Å². The van der Waals surface area contributed by atoms with E-state index in [4.69, 9.17) is 20.3 Å². The summed E-state index contributed by atoms with van der Waals surface area (Å²) in [4.78, 5) is 25.0. The Bertz CT molecular complexity index is 1300. The fraction of sp³-hybridized carbons (Fsp3) is 0.360. The monoisotopic (exact) mass is 475 g/mol. The van der Waals surface area contributed by atoms with Crippen LogP contribution in [0.2, 0.25) is 0 Å². The second kappa shape index (κ2) is 10.4. The van der Waals surface area contributed by atoms with Crippen LogP contribution in [0.3, 0.4) is 0 Å². The Hall–Kier alpha value is -4.10. The van der Waals surface area contributed by atoms with Crippen LogP contribution in [-0.2, 0) is 4.79 Å². The van der Waals surface area contributed by atoms with E-state index in [-0.39, 0.29) is 11.9 Å². The highest BCUT2D eigenvalue weighted by molar-refractivity contribution is 5.91. The van der Waals surface area contributed by atoms with Gasteiger partial charge in [0, 0.05) is 37.3 Å². The number of nitrogen functional groups attached to an aromatic ring is 1. The van der Waals surface area contributed by atoms with Crippen molar-refractivity contribution in [3.05, 3.63) is 47.9 Å². The number of methoxy groups -OCH3 is 2. The maximum atomic E-state index is 12.6. The van der Waals surface area contributed by atoms with Gasteiger partial charge in [0.15, 0.2) is 5.65 Å². The van der Waals surface area contributed by atoms with Gasteiger partial charge in [0.1, 0.15) is 29.3 Å². The molecular formula is C25H29N7O3. The van der Waals surface area contributed by atoms with Gasteiger partial charge >= 0.3 is 0 Å². The highest BCUT2D eigenvalue weighted by Gasteiger charge is 2.29. The first kappa shape index (κ1) is 24.0. The Morgan fingerprint density at radius 1 is 1.20 bits per heavy atom. The van der Waals surface area contributed by atoms with Crippen molar-refractivity contribution in [3.8, 4) is 23.3 Å². The molecule has 1 aliphatic rings. The summed E-state index contributed by atoms with van der Waals surface area (Å²) < 4.78 is 12.5. The molecular weight excluding hydrogens is 446 g/mol. The van der Waals surface area contributed by atoms with Crippen LogP contribution in [0.1, 0.15) is 23.7 Å². The summed E-state index contributed by atoms with van der Waals surface area (Å²) in [7, 11) is 7.10. The third kappa shape index (κ3) is 5.36. The molecule has 1 atom stereocenters. The van der Waals surface area contributed by atoms with E-state index in [1.54, 1.807) is 26.4 Å². The van der Waals surface area contributed by atoms with Crippen molar-refractivity contribution in [2.45, 2.75) is 12.5 Å². The van der Waals surface area contributed by atoms with Gasteiger partial charge in [0.05, 0.1) is 25.6 Å². The fourth-order valence-corrected chi connectivity index (χ4v) is 3.96. The maximum absolute atomic E-state index is 12.6. The average Bonchev–Trinajstić information content (AvgIpc) is 3.48. The van der Waals surface area contributed by atoms with E-state index in [9.17, 15) is 4.79 Å². The van der Waals surface area contributed by atoms with Crippen molar-refractivity contribution in [1.82, 2.24) is 29.5 Å². The Morgan fingerprint density at radius 2 is 1.94 bits per heavy atom. The van der Waals surface area contributed by atoms with E-state index >= 15 is 0 Å². The summed E-state index contributed by atoms with van der Waals surface area (Å²) in [6.07, 6.45) is 5.67. The summed E-state index contributed by atoms with van der Waals surface area (Å²) >= 11 is 0. The lowest BCUT2D eigenvalue weighted by molar-refractivity contribution is -0.125. The third-order valence-corrected chi connectivity index (χ3v) is 5.75. The molecule has 10 heteroatoms. The van der Waals surface area contributed by atoms with Crippen LogP contribution in [0, 0.1) is 11.8 Å². The molecule has 3 heterocycles. The Kier molecular flexibility index (Phi) is 7.17. The van der Waals surface area contributed by atoms with Gasteiger partial charge in [-0.2, -0.15) is 5.10 Å². The van der Waals surface area contributed by atoms with Crippen LogP contribution in [0.15, 0.2) is 36.7 Å². The van der Waals surface area contributed by atoms with Crippen LogP contribution >= 0.6 is 0 Å². The number of carbonyl (C=O) groups is 1. The SMILES string of the molecule is COc1cc(C#Cc2nn([C@H]3CCN(C(=O)/C=C/CN(C)C)C3)c3ncnc(N)c23)cc(OC)c1. The maximum Gasteiger partial charge on any atom is 0.246 e. The van der Waals surface area contributed by atoms with Crippen molar-refractivity contribution in [1.29, 1.82) is 0 Å². The summed E-state index contributed by atoms with van der Waals surface area (Å²) in [5, 5.41) is 5.35. The molecule has 35 heavy (non-hydrogen) atoms. The molecule has 0 saturated carbocycles. The third-order valence-electron chi connectivity index (χ3n) is 5.75. The lowest BCUT2D eigenvalue weighted by Gasteiger charge is -2.15. The number of nitrogens with two attached hydrogens (primary N) is 1. The molecule has 0 aliphatic carbocycles. The number of benzene rings is 1. The summed E-state index contributed by atoms with van der Waals surface area (Å²) in [6.45, 7) is 1.89. The molecule has 1 saturated heterocycles. The molecule has 1 fully saturated rings. The predicted molar refractivity (Wildman–Crippen MR) is 133 cm³/mol. The number of ether oxygens (including phenoxy) is 2. The normalized spacial score (nSPS) is 15.6. The van der Waals surface area contributed by atoms with E-state index in [1.165, 1.54) is 6.33 Å². The Morgan fingerprint density at radius 3 is 2.63 bits per heavy atom. The van der Waals surface area contributed by atoms with Gasteiger partial charge in [-0.3, -0.25) is 4.79 Å². The lowest BCUT2D eigenvalue weighted by atomic mass is 10.2. The van der Waals surface area contributed by atoms with Gasteiger partial charge in [0.2, 0.25) is 5.91 Å². The van der Waals surface area contributed by atoms with Crippen molar-refractivity contribution >= 4 is 22.8 Å². The number of rotatable bonds is 6. The van der Waals surface area contributed by atoms with Gasteiger partial charge in [0.25, 0.3) is 0 Å². The van der Waals surface area contributed by atoms with Crippen molar-refractivity contribution in [2.24, 2.45) is 0 Å². The van der Waals surface area contributed by atoms with Crippen LogP contribution in [-0.4, -0.2) is 83.4 Å². The number of amides is 1. The molecule has 0 spiro atoms. The van der Waals surface area contributed by atoms with Gasteiger partial charge in [-0.15, -0.1) is 0 Å². The minimum Gasteiger partial charge on any atom is -0.497 e. The quantitative estimate of drug-likeness (QED) is 0.424. The number of carbonyl (C=O) groups excluding carboxylic acids is 1. The zero-order chi connectivity index (χ0) is 24.9. The van der Waals surface area contributed by atoms with Crippen molar-refractivity contribution in [3.63, 3.8) is 0 Å². The van der Waals surface area contributed by atoms with Crippen LogP contribution in [0.4, 0.5) is 5.82 Å². The number of fused-ring (bicyclic) bond motifs is 1. The van der Waals surface area contributed by atoms with E-state index in [0.29, 0.717) is 59.2 Å². The van der Waals surface area contributed by atoms with Gasteiger partial charge in [-0.05, 0) is 38.6 Å². The van der Waals surface area contributed by atoms with E-state index in [1.807, 2.05) is 46.8 Å². The largest absolute Gasteiger partial charge is 0.497 e. The van der Waals surface area contributed by atoms with E-state index < -0.39 is 0 Å². The Labute approximate surface area is 204 Å². The zero-order valence-corrected chi connectivity index (χ0v) is 20.4. The first-order valence-corrected chi connectivity index (χ1v) is 11.2. The van der Waals surface area contributed by atoms with Crippen molar-refractivity contribution in [2.75, 3.05) is 53.7 Å². The predicted octanol–water partition coefficient (Wildman–Crippen LogP) is 1.72. The smallest absolute Gasteiger partial charge is 0.246 e. The molecule has 0 unspecified atom stereocenters. The number of anilines is 1. The molecule has 2 N–H and O–H groups in total. The Balaban J connectivity index is 1.63. The second-order valence-corrected chi connectivity index (χ2v) is 8.49. The molecule has 2 aromatic heterocycles. The number of hydrogen-bond acceptors (Lipinski definition) is 8. The van der Waals surface area contributed by atoms with Crippen molar-refractivity contribution < 1.29 is 14.3 Å². The molecule has 4 rings (SSSR count). The molecule has 0 radical (unpaired) electrons. The summed E-state index contributed by atoms with van der Waals surface area (Å²) in [5.41, 5.74) is 7.99. The highest BCUT2D eigenvalue weighted by Crippen LogP contribution is 2.29. The summed E-state index contributed by atoms with van der Waals surface area (Å²) in [6, 6.07) is 5.38. The molecule has 1 aromatic carbocycles. The lowest BCUT2D eigenvalue weighted by Crippen LogP contribution is -2.28. The van der Waals surface area contributed by atoms with Gasteiger partial charge in [-0.1, -0.05) is 12.0 Å². The topological polar surface area (TPSA) is 112 Å². The van der Waals surface area contributed by atoms with Crippen LogP contribution < -0.4 is 15.2 Å². The zero-order valence-electron chi connectivity index (χ0n) is 20.4. The fourth-order valence-electron chi connectivity index (χ4n) is 3.96. The number of likely N-dealkylation sites (N-methyl/N-ethyl adjacent to an activating group) is 1. The molecule has 1 aliphatic heterocycles. The summed E-state index contributed by atoms with van der Waals surface area (Å²) in [5.74, 6) is 7.82. The number of hydrogen-bond donors (Lipinski definition) is 1. The molecule has 0 bridgehead atoms. The molecule has 182 valence electrons. The molecule has 1 amide bonds. The second-order valence-electron chi connectivity index (χ2n) is 8.49. The van der Waals surface area contributed by atoms with E-state index in [2.05, 4.69) is 21.8 Å². The van der Waals surface area contributed by atoms with Gasteiger partial charge < -0.3 is 25.0 Å². The standard InChI is InChI=1S/C25H29N7O3/c1-30(2)10-5-6-22(33)31-11-9-18(15-31)32-25-23(24(26)27-16-28-25)21(29-32)8-7-17-12-19(34-3)14-20(13-17)35-4/h5-6,12-14,16,18H,9-11,15H2,1-4H3,(H2,26,27,28)/b6-5+/t18-/m0/s1. The highest BCUT2D eigenvalue weighted by atomic mass is 16.5. The minimum atomic E-state index is -0.0366. The molecule has 10 nitrogen and oxygen atoms in total. The van der Waals surface area contributed by atoms with Crippen LogP contribution in [0.25, 0.3) is 11.0 Å². The first-order valence-electron chi connectivity index (χ1n) is 11.2. The van der Waals surface area contributed by atoms with E-state index in [0.717, 1.165) is 6.42 Å². The number of nitrogens with zero attached hydrogens (tertiary/aromatic N) is 6. The average molecular weight is 476 g/mol. The minimum absolute atomic E-state index is 0.00746. The number of likely N-dealkylation sites (tertiary alicyclic amines) is 1. The number of aromatic nitrogens is 4. The first-order chi connectivity index (χ1) is 16.9. The molecule has 3 aromatic rings. The van der Waals surface area contributed by atoms with Gasteiger partial charge in [-0.25, -0.2) is 14.6 Å².